The summed E-state index contributed by atoms with van der Waals surface area (Å²) in [5.41, 5.74) is 1.57. The maximum absolute atomic E-state index is 12.7. The number of amides is 1. The van der Waals surface area contributed by atoms with E-state index in [1.807, 2.05) is 24.3 Å². The number of methoxy groups -OCH3 is 1. The first-order valence-electron chi connectivity index (χ1n) is 9.26. The van der Waals surface area contributed by atoms with E-state index in [0.29, 0.717) is 23.4 Å². The summed E-state index contributed by atoms with van der Waals surface area (Å²) in [5.74, 6) is 0.643. The fourth-order valence-corrected chi connectivity index (χ4v) is 5.31. The van der Waals surface area contributed by atoms with Gasteiger partial charge < -0.3 is 10.1 Å². The molecule has 1 N–H and O–H groups in total. The van der Waals surface area contributed by atoms with Gasteiger partial charge in [0.15, 0.2) is 9.84 Å². The average Bonchev–Trinajstić information content (AvgIpc) is 3.23. The molecule has 0 radical (unpaired) electrons. The minimum Gasteiger partial charge on any atom is -0.497 e. The van der Waals surface area contributed by atoms with Crippen molar-refractivity contribution in [2.75, 3.05) is 12.4 Å². The molecule has 0 atom stereocenters. The van der Waals surface area contributed by atoms with Crippen LogP contribution >= 0.6 is 0 Å². The summed E-state index contributed by atoms with van der Waals surface area (Å²) >= 11 is 0. The number of ether oxygens (including phenoxy) is 1. The van der Waals surface area contributed by atoms with Gasteiger partial charge in [0, 0.05) is 12.1 Å². The Labute approximate surface area is 160 Å². The Kier molecular flexibility index (Phi) is 6.16. The van der Waals surface area contributed by atoms with Crippen LogP contribution in [0.15, 0.2) is 53.4 Å². The molecule has 3 rings (SSSR count). The molecule has 27 heavy (non-hydrogen) atoms. The first-order chi connectivity index (χ1) is 13.0. The van der Waals surface area contributed by atoms with Crippen molar-refractivity contribution in [3.63, 3.8) is 0 Å². The van der Waals surface area contributed by atoms with Gasteiger partial charge in [-0.15, -0.1) is 0 Å². The maximum Gasteiger partial charge on any atom is 0.224 e. The number of hydrogen-bond acceptors (Lipinski definition) is 4. The highest BCUT2D eigenvalue weighted by Gasteiger charge is 2.30. The van der Waals surface area contributed by atoms with Crippen LogP contribution in [-0.4, -0.2) is 26.7 Å². The summed E-state index contributed by atoms with van der Waals surface area (Å²) in [6.07, 6.45) is 4.31. The van der Waals surface area contributed by atoms with E-state index in [1.54, 1.807) is 31.4 Å². The van der Waals surface area contributed by atoms with Gasteiger partial charge in [-0.05, 0) is 55.2 Å². The van der Waals surface area contributed by atoms with Crippen LogP contribution in [0.25, 0.3) is 0 Å². The number of benzene rings is 2. The van der Waals surface area contributed by atoms with Gasteiger partial charge in [0.1, 0.15) is 5.75 Å². The predicted octanol–water partition coefficient (Wildman–Crippen LogP) is 3.98. The van der Waals surface area contributed by atoms with Gasteiger partial charge in [-0.3, -0.25) is 4.79 Å². The highest BCUT2D eigenvalue weighted by molar-refractivity contribution is 7.92. The second-order valence-corrected chi connectivity index (χ2v) is 9.10. The smallest absolute Gasteiger partial charge is 0.224 e. The number of anilines is 1. The van der Waals surface area contributed by atoms with E-state index < -0.39 is 9.84 Å². The number of rotatable bonds is 7. The van der Waals surface area contributed by atoms with Crippen molar-refractivity contribution in [1.82, 2.24) is 0 Å². The van der Waals surface area contributed by atoms with Crippen molar-refractivity contribution >= 4 is 21.4 Å². The van der Waals surface area contributed by atoms with Crippen LogP contribution in [0.3, 0.4) is 0 Å². The third-order valence-corrected chi connectivity index (χ3v) is 7.25. The Morgan fingerprint density at radius 3 is 2.48 bits per heavy atom. The van der Waals surface area contributed by atoms with Crippen molar-refractivity contribution < 1.29 is 17.9 Å². The van der Waals surface area contributed by atoms with Crippen molar-refractivity contribution in [2.24, 2.45) is 0 Å². The summed E-state index contributed by atoms with van der Waals surface area (Å²) in [4.78, 5) is 12.5. The molecule has 1 aliphatic carbocycles. The first-order valence-corrected chi connectivity index (χ1v) is 10.8. The van der Waals surface area contributed by atoms with E-state index in [9.17, 15) is 13.2 Å². The molecular weight excluding hydrogens is 362 g/mol. The van der Waals surface area contributed by atoms with E-state index >= 15 is 0 Å². The van der Waals surface area contributed by atoms with E-state index in [1.165, 1.54) is 0 Å². The number of carbonyl (C=O) groups is 1. The number of hydrogen-bond donors (Lipinski definition) is 1. The topological polar surface area (TPSA) is 72.5 Å². The fraction of sp³-hybridized carbons (Fsp3) is 0.381. The molecule has 2 aromatic rings. The minimum absolute atomic E-state index is 0.138. The van der Waals surface area contributed by atoms with E-state index in [-0.39, 0.29) is 11.2 Å². The van der Waals surface area contributed by atoms with Crippen molar-refractivity contribution in [2.45, 2.75) is 48.7 Å². The zero-order valence-electron chi connectivity index (χ0n) is 15.5. The monoisotopic (exact) mass is 387 g/mol. The van der Waals surface area contributed by atoms with Crippen LogP contribution in [0.4, 0.5) is 5.69 Å². The van der Waals surface area contributed by atoms with Gasteiger partial charge in [-0.25, -0.2) is 8.42 Å². The van der Waals surface area contributed by atoms with E-state index in [2.05, 4.69) is 5.32 Å². The first kappa shape index (κ1) is 19.4. The average molecular weight is 388 g/mol. The second kappa shape index (κ2) is 8.57. The van der Waals surface area contributed by atoms with Gasteiger partial charge in [0.2, 0.25) is 5.91 Å². The van der Waals surface area contributed by atoms with Crippen LogP contribution in [0, 0.1) is 0 Å². The van der Waals surface area contributed by atoms with Crippen LogP contribution in [0.5, 0.6) is 5.75 Å². The molecule has 1 aliphatic rings. The molecule has 0 saturated heterocycles. The van der Waals surface area contributed by atoms with Gasteiger partial charge in [-0.2, -0.15) is 0 Å². The molecule has 0 unspecified atom stereocenters. The van der Waals surface area contributed by atoms with E-state index in [4.69, 9.17) is 4.74 Å². The third-order valence-electron chi connectivity index (χ3n) is 4.99. The fourth-order valence-electron chi connectivity index (χ4n) is 3.42. The molecule has 0 aliphatic heterocycles. The zero-order chi connectivity index (χ0) is 19.3. The summed E-state index contributed by atoms with van der Waals surface area (Å²) in [6, 6.07) is 14.2. The van der Waals surface area contributed by atoms with E-state index in [0.717, 1.165) is 37.0 Å². The lowest BCUT2D eigenvalue weighted by Gasteiger charge is -2.12. The Morgan fingerprint density at radius 2 is 1.81 bits per heavy atom. The molecule has 0 spiro atoms. The maximum atomic E-state index is 12.7. The van der Waals surface area contributed by atoms with Gasteiger partial charge in [-0.1, -0.05) is 31.0 Å². The van der Waals surface area contributed by atoms with Crippen LogP contribution in [-0.2, 0) is 21.1 Å². The quantitative estimate of drug-likeness (QED) is 0.780. The Hall–Kier alpha value is -2.34. The van der Waals surface area contributed by atoms with Crippen molar-refractivity contribution in [3.8, 4) is 5.75 Å². The molecule has 6 heteroatoms. The number of sulfone groups is 1. The Balaban J connectivity index is 1.60. The lowest BCUT2D eigenvalue weighted by Crippen LogP contribution is -2.18. The summed E-state index contributed by atoms with van der Waals surface area (Å²) in [5, 5.41) is 2.52. The molecule has 144 valence electrons. The van der Waals surface area contributed by atoms with Crippen LogP contribution in [0.1, 0.15) is 37.7 Å². The lowest BCUT2D eigenvalue weighted by molar-refractivity contribution is -0.116. The van der Waals surface area contributed by atoms with Crippen molar-refractivity contribution in [1.29, 1.82) is 0 Å². The molecule has 1 amide bonds. The minimum atomic E-state index is -3.32. The molecule has 0 heterocycles. The lowest BCUT2D eigenvalue weighted by atomic mass is 10.1. The third kappa shape index (κ3) is 4.89. The van der Waals surface area contributed by atoms with Crippen molar-refractivity contribution in [3.05, 3.63) is 54.1 Å². The number of aryl methyl sites for hydroxylation is 1. The van der Waals surface area contributed by atoms with Crippen LogP contribution < -0.4 is 10.1 Å². The second-order valence-electron chi connectivity index (χ2n) is 6.88. The van der Waals surface area contributed by atoms with Gasteiger partial charge in [0.25, 0.3) is 0 Å². The molecular formula is C21H25NO4S. The Morgan fingerprint density at radius 1 is 1.11 bits per heavy atom. The number of nitrogens with one attached hydrogen (secondary N) is 1. The normalized spacial score (nSPS) is 14.9. The molecule has 5 nitrogen and oxygen atoms in total. The molecule has 2 aromatic carbocycles. The standard InChI is InChI=1S/C21H25NO4S/c1-26-18-12-9-16(10-13-18)11-14-21(23)22-17-5-4-8-20(15-17)27(24,25)19-6-2-3-7-19/h4-5,8-10,12-13,15,19H,2-3,6-7,11,14H2,1H3,(H,22,23). The SMILES string of the molecule is COc1ccc(CCC(=O)Nc2cccc(S(=O)(=O)C3CCCC3)c2)cc1. The van der Waals surface area contributed by atoms with Crippen LogP contribution in [0.2, 0.25) is 0 Å². The molecule has 0 bridgehead atoms. The summed E-state index contributed by atoms with van der Waals surface area (Å²) in [7, 11) is -1.71. The highest BCUT2D eigenvalue weighted by atomic mass is 32.2. The largest absolute Gasteiger partial charge is 0.497 e. The zero-order valence-corrected chi connectivity index (χ0v) is 16.3. The highest BCUT2D eigenvalue weighted by Crippen LogP contribution is 2.30. The Bertz CT molecular complexity index is 885. The molecule has 1 saturated carbocycles. The summed E-state index contributed by atoms with van der Waals surface area (Å²) in [6.45, 7) is 0. The van der Waals surface area contributed by atoms with Gasteiger partial charge in [0.05, 0.1) is 17.3 Å². The molecule has 1 fully saturated rings. The predicted molar refractivity (Wildman–Crippen MR) is 106 cm³/mol. The summed E-state index contributed by atoms with van der Waals surface area (Å²) < 4.78 is 30.5. The number of carbonyl (C=O) groups excluding carboxylic acids is 1. The van der Waals surface area contributed by atoms with Gasteiger partial charge >= 0.3 is 0 Å². The molecule has 0 aromatic heterocycles.